The van der Waals surface area contributed by atoms with Crippen molar-refractivity contribution >= 4 is 23.7 Å². The normalized spacial score (nSPS) is 14.9. The van der Waals surface area contributed by atoms with Crippen molar-refractivity contribution in [1.29, 1.82) is 0 Å². The Kier molecular flexibility index (Phi) is 5.12. The SMILES string of the molecule is Cc1cc(-c2ccc(/C=C3/NC(=O)N(Cc4ccccc4)C3=O)o2)cc([N+](=O)[O-])c1C. The summed E-state index contributed by atoms with van der Waals surface area (Å²) in [7, 11) is 0. The van der Waals surface area contributed by atoms with E-state index in [1.54, 1.807) is 26.0 Å². The van der Waals surface area contributed by atoms with Gasteiger partial charge in [0.15, 0.2) is 0 Å². The van der Waals surface area contributed by atoms with Gasteiger partial charge in [0.1, 0.15) is 17.2 Å². The molecule has 0 saturated carbocycles. The Morgan fingerprint density at radius 3 is 2.55 bits per heavy atom. The van der Waals surface area contributed by atoms with E-state index in [1.807, 2.05) is 36.4 Å². The lowest BCUT2D eigenvalue weighted by molar-refractivity contribution is -0.385. The van der Waals surface area contributed by atoms with Crippen LogP contribution < -0.4 is 5.32 Å². The van der Waals surface area contributed by atoms with Crippen LogP contribution >= 0.6 is 0 Å². The molecule has 1 aliphatic rings. The van der Waals surface area contributed by atoms with Gasteiger partial charge >= 0.3 is 6.03 Å². The number of imide groups is 1. The minimum atomic E-state index is -0.503. The molecular formula is C23H19N3O5. The van der Waals surface area contributed by atoms with Crippen molar-refractivity contribution in [2.45, 2.75) is 20.4 Å². The Morgan fingerprint density at radius 1 is 1.10 bits per heavy atom. The first kappa shape index (κ1) is 20.1. The number of aryl methyl sites for hydroxylation is 1. The molecule has 156 valence electrons. The van der Waals surface area contributed by atoms with Crippen molar-refractivity contribution in [2.24, 2.45) is 0 Å². The zero-order valence-electron chi connectivity index (χ0n) is 16.9. The lowest BCUT2D eigenvalue weighted by Gasteiger charge is -2.11. The molecule has 1 aliphatic heterocycles. The zero-order valence-corrected chi connectivity index (χ0v) is 16.9. The highest BCUT2D eigenvalue weighted by Crippen LogP contribution is 2.31. The molecule has 0 radical (unpaired) electrons. The van der Waals surface area contributed by atoms with Gasteiger partial charge in [-0.25, -0.2) is 4.79 Å². The number of urea groups is 1. The minimum absolute atomic E-state index is 0.0149. The molecule has 8 heteroatoms. The first-order valence-electron chi connectivity index (χ1n) is 9.58. The molecule has 0 unspecified atom stereocenters. The Labute approximate surface area is 177 Å². The number of furan rings is 1. The Morgan fingerprint density at radius 2 is 1.84 bits per heavy atom. The number of benzene rings is 2. The van der Waals surface area contributed by atoms with Gasteiger partial charge in [-0.3, -0.25) is 19.8 Å². The van der Waals surface area contributed by atoms with E-state index in [1.165, 1.54) is 12.1 Å². The highest BCUT2D eigenvalue weighted by molar-refractivity contribution is 6.13. The van der Waals surface area contributed by atoms with E-state index < -0.39 is 16.9 Å². The molecule has 1 aromatic heterocycles. The molecule has 3 aromatic rings. The molecule has 3 amide bonds. The highest BCUT2D eigenvalue weighted by atomic mass is 16.6. The number of nitro benzene ring substituents is 1. The van der Waals surface area contributed by atoms with Crippen LogP contribution in [0.3, 0.4) is 0 Å². The summed E-state index contributed by atoms with van der Waals surface area (Å²) >= 11 is 0. The van der Waals surface area contributed by atoms with Crippen LogP contribution in [0.2, 0.25) is 0 Å². The van der Waals surface area contributed by atoms with Crippen LogP contribution in [0, 0.1) is 24.0 Å². The number of carbonyl (C=O) groups is 2. The molecular weight excluding hydrogens is 398 g/mol. The molecule has 4 rings (SSSR count). The second-order valence-electron chi connectivity index (χ2n) is 7.26. The van der Waals surface area contributed by atoms with Crippen LogP contribution in [-0.2, 0) is 11.3 Å². The summed E-state index contributed by atoms with van der Waals surface area (Å²) in [4.78, 5) is 36.9. The van der Waals surface area contributed by atoms with Gasteiger partial charge in [0, 0.05) is 23.3 Å². The second kappa shape index (κ2) is 7.91. The molecule has 2 heterocycles. The molecule has 1 N–H and O–H groups in total. The van der Waals surface area contributed by atoms with E-state index in [-0.39, 0.29) is 17.9 Å². The van der Waals surface area contributed by atoms with Crippen molar-refractivity contribution in [3.8, 4) is 11.3 Å². The van der Waals surface area contributed by atoms with E-state index in [0.29, 0.717) is 22.6 Å². The lowest BCUT2D eigenvalue weighted by atomic mass is 10.0. The topological polar surface area (TPSA) is 106 Å². The summed E-state index contributed by atoms with van der Waals surface area (Å²) < 4.78 is 5.78. The highest BCUT2D eigenvalue weighted by Gasteiger charge is 2.33. The Bertz CT molecular complexity index is 1230. The van der Waals surface area contributed by atoms with Gasteiger partial charge in [0.2, 0.25) is 0 Å². The number of nitrogens with zero attached hydrogens (tertiary/aromatic N) is 2. The lowest BCUT2D eigenvalue weighted by Crippen LogP contribution is -2.30. The monoisotopic (exact) mass is 417 g/mol. The summed E-state index contributed by atoms with van der Waals surface area (Å²) in [6.45, 7) is 3.66. The zero-order chi connectivity index (χ0) is 22.1. The third-order valence-electron chi connectivity index (χ3n) is 5.18. The largest absolute Gasteiger partial charge is 0.457 e. The summed E-state index contributed by atoms with van der Waals surface area (Å²) in [5, 5.41) is 13.9. The number of nitro groups is 1. The van der Waals surface area contributed by atoms with E-state index in [2.05, 4.69) is 5.32 Å². The standard InChI is InChI=1S/C23H19N3O5/c1-14-10-17(11-20(15(14)2)26(29)30)21-9-8-18(31-21)12-19-22(27)25(23(28)24-19)13-16-6-4-3-5-7-16/h3-12H,13H2,1-2H3,(H,24,28)/b19-12+. The summed E-state index contributed by atoms with van der Waals surface area (Å²) in [6.07, 6.45) is 1.45. The number of carbonyl (C=O) groups excluding carboxylic acids is 2. The number of hydrogen-bond acceptors (Lipinski definition) is 5. The molecule has 8 nitrogen and oxygen atoms in total. The van der Waals surface area contributed by atoms with Crippen molar-refractivity contribution in [3.05, 3.63) is 92.9 Å². The summed E-state index contributed by atoms with van der Waals surface area (Å²) in [5.41, 5.74) is 2.89. The molecule has 1 saturated heterocycles. The fraction of sp³-hybridized carbons (Fsp3) is 0.130. The Hall–Kier alpha value is -4.20. The van der Waals surface area contributed by atoms with Gasteiger partial charge in [-0.05, 0) is 43.2 Å². The van der Waals surface area contributed by atoms with Gasteiger partial charge in [0.25, 0.3) is 11.6 Å². The van der Waals surface area contributed by atoms with Crippen LogP contribution in [0.25, 0.3) is 17.4 Å². The maximum atomic E-state index is 12.7. The van der Waals surface area contributed by atoms with Gasteiger partial charge in [-0.2, -0.15) is 0 Å². The first-order chi connectivity index (χ1) is 14.8. The maximum absolute atomic E-state index is 12.7. The third kappa shape index (κ3) is 3.95. The van der Waals surface area contributed by atoms with Crippen LogP contribution in [0.1, 0.15) is 22.5 Å². The van der Waals surface area contributed by atoms with E-state index in [4.69, 9.17) is 4.42 Å². The van der Waals surface area contributed by atoms with Crippen molar-refractivity contribution in [2.75, 3.05) is 0 Å². The number of nitrogens with one attached hydrogen (secondary N) is 1. The summed E-state index contributed by atoms with van der Waals surface area (Å²) in [6, 6.07) is 15.3. The van der Waals surface area contributed by atoms with Crippen LogP contribution in [0.5, 0.6) is 0 Å². The average molecular weight is 417 g/mol. The van der Waals surface area contributed by atoms with Gasteiger partial charge in [0.05, 0.1) is 11.5 Å². The van der Waals surface area contributed by atoms with Crippen molar-refractivity contribution < 1.29 is 18.9 Å². The molecule has 0 atom stereocenters. The Balaban J connectivity index is 1.58. The van der Waals surface area contributed by atoms with Crippen LogP contribution in [-0.4, -0.2) is 21.8 Å². The second-order valence-corrected chi connectivity index (χ2v) is 7.26. The van der Waals surface area contributed by atoms with E-state index >= 15 is 0 Å². The van der Waals surface area contributed by atoms with Crippen molar-refractivity contribution in [3.63, 3.8) is 0 Å². The fourth-order valence-corrected chi connectivity index (χ4v) is 3.38. The van der Waals surface area contributed by atoms with E-state index in [9.17, 15) is 19.7 Å². The molecule has 0 aliphatic carbocycles. The number of amides is 3. The predicted molar refractivity (Wildman–Crippen MR) is 114 cm³/mol. The van der Waals surface area contributed by atoms with Gasteiger partial charge < -0.3 is 9.73 Å². The fourth-order valence-electron chi connectivity index (χ4n) is 3.38. The smallest absolute Gasteiger partial charge is 0.329 e. The van der Waals surface area contributed by atoms with Crippen molar-refractivity contribution in [1.82, 2.24) is 10.2 Å². The maximum Gasteiger partial charge on any atom is 0.329 e. The predicted octanol–water partition coefficient (Wildman–Crippen LogP) is 4.56. The van der Waals surface area contributed by atoms with Gasteiger partial charge in [-0.1, -0.05) is 30.3 Å². The number of hydrogen-bond donors (Lipinski definition) is 1. The average Bonchev–Trinajstić information content (AvgIpc) is 3.31. The molecule has 1 fully saturated rings. The first-order valence-corrected chi connectivity index (χ1v) is 9.58. The third-order valence-corrected chi connectivity index (χ3v) is 5.18. The number of rotatable bonds is 5. The van der Waals surface area contributed by atoms with Crippen LogP contribution in [0.15, 0.2) is 64.7 Å². The quantitative estimate of drug-likeness (QED) is 0.283. The molecule has 0 bridgehead atoms. The molecule has 2 aromatic carbocycles. The minimum Gasteiger partial charge on any atom is -0.457 e. The van der Waals surface area contributed by atoms with Gasteiger partial charge in [-0.15, -0.1) is 0 Å². The summed E-state index contributed by atoms with van der Waals surface area (Å²) in [5.74, 6) is 0.325. The van der Waals surface area contributed by atoms with Crippen LogP contribution in [0.4, 0.5) is 10.5 Å². The molecule has 31 heavy (non-hydrogen) atoms. The van der Waals surface area contributed by atoms with E-state index in [0.717, 1.165) is 16.0 Å². The molecule has 0 spiro atoms.